The molecule has 0 unspecified atom stereocenters. The lowest BCUT2D eigenvalue weighted by Crippen LogP contribution is -2.41. The third-order valence-corrected chi connectivity index (χ3v) is 4.05. The highest BCUT2D eigenvalue weighted by molar-refractivity contribution is 6.62. The topological polar surface area (TPSA) is 95.2 Å². The summed E-state index contributed by atoms with van der Waals surface area (Å²) in [6.45, 7) is 9.76. The second-order valence-corrected chi connectivity index (χ2v) is 6.44. The fourth-order valence-electron chi connectivity index (χ4n) is 1.98. The number of nitrogens with two attached hydrogens (primary N) is 2. The monoisotopic (exact) mass is 302 g/mol. The summed E-state index contributed by atoms with van der Waals surface area (Å²) in [5.74, 6) is 0.669. The molecule has 0 saturated carbocycles. The van der Waals surface area contributed by atoms with E-state index >= 15 is 0 Å². The molecule has 118 valence electrons. The molecule has 1 heterocycles. The first-order valence-electron chi connectivity index (χ1n) is 7.21. The lowest BCUT2D eigenvalue weighted by atomic mass is 9.79. The molecule has 6 nitrogen and oxygen atoms in total. The zero-order chi connectivity index (χ0) is 16.5. The van der Waals surface area contributed by atoms with Gasteiger partial charge in [-0.3, -0.25) is 0 Å². The standard InChI is InChI=1S/C15H23BN4O2/c1-10(17)19-20-13(18)11-6-8-12(9-7-11)16-21-14(2,3)15(4,5)22-16/h6-9H,1-5H3,(H2,17,19)(H2,18,20). The number of hydrogen-bond acceptors (Lipinski definition) is 4. The molecule has 2 rings (SSSR count). The summed E-state index contributed by atoms with van der Waals surface area (Å²) >= 11 is 0. The maximum absolute atomic E-state index is 6.01. The Balaban J connectivity index is 2.17. The SMILES string of the molecule is C/C(N)=N/N=C(\N)c1ccc(B2OC(C)(C)C(C)(C)O2)cc1. The van der Waals surface area contributed by atoms with Crippen molar-refractivity contribution in [3.8, 4) is 0 Å². The quantitative estimate of drug-likeness (QED) is 0.376. The summed E-state index contributed by atoms with van der Waals surface area (Å²) in [4.78, 5) is 0. The Labute approximate surface area is 131 Å². The molecule has 1 aromatic carbocycles. The van der Waals surface area contributed by atoms with E-state index < -0.39 is 0 Å². The molecule has 1 aliphatic heterocycles. The van der Waals surface area contributed by atoms with Crippen LogP contribution in [-0.4, -0.2) is 30.0 Å². The number of hydrogen-bond donors (Lipinski definition) is 2. The maximum Gasteiger partial charge on any atom is 0.494 e. The zero-order valence-corrected chi connectivity index (χ0v) is 13.8. The van der Waals surface area contributed by atoms with Crippen LogP contribution in [0, 0.1) is 0 Å². The summed E-state index contributed by atoms with van der Waals surface area (Å²) in [7, 11) is -0.387. The van der Waals surface area contributed by atoms with Crippen LogP contribution >= 0.6 is 0 Å². The lowest BCUT2D eigenvalue weighted by Gasteiger charge is -2.32. The number of benzene rings is 1. The molecule has 0 aromatic heterocycles. The summed E-state index contributed by atoms with van der Waals surface area (Å²) in [6, 6.07) is 7.55. The summed E-state index contributed by atoms with van der Waals surface area (Å²) in [6.07, 6.45) is 0. The highest BCUT2D eigenvalue weighted by Gasteiger charge is 2.51. The second-order valence-electron chi connectivity index (χ2n) is 6.44. The highest BCUT2D eigenvalue weighted by atomic mass is 16.7. The van der Waals surface area contributed by atoms with E-state index in [1.54, 1.807) is 6.92 Å². The van der Waals surface area contributed by atoms with E-state index in [0.717, 1.165) is 11.0 Å². The normalized spacial score (nSPS) is 21.2. The van der Waals surface area contributed by atoms with E-state index in [1.165, 1.54) is 0 Å². The van der Waals surface area contributed by atoms with Crippen molar-refractivity contribution in [3.05, 3.63) is 29.8 Å². The van der Waals surface area contributed by atoms with E-state index in [2.05, 4.69) is 10.2 Å². The van der Waals surface area contributed by atoms with Crippen molar-refractivity contribution in [1.82, 2.24) is 0 Å². The average Bonchev–Trinajstić information content (AvgIpc) is 2.65. The van der Waals surface area contributed by atoms with Gasteiger partial charge in [0.2, 0.25) is 0 Å². The Morgan fingerprint density at radius 1 is 0.955 bits per heavy atom. The molecule has 1 saturated heterocycles. The first kappa shape index (κ1) is 16.5. The van der Waals surface area contributed by atoms with Gasteiger partial charge in [-0.05, 0) is 40.1 Å². The van der Waals surface area contributed by atoms with Crippen molar-refractivity contribution in [2.75, 3.05) is 0 Å². The van der Waals surface area contributed by atoms with Crippen molar-refractivity contribution in [3.63, 3.8) is 0 Å². The van der Waals surface area contributed by atoms with Gasteiger partial charge in [0.1, 0.15) is 5.84 Å². The minimum Gasteiger partial charge on any atom is -0.399 e. The zero-order valence-electron chi connectivity index (χ0n) is 13.8. The molecule has 22 heavy (non-hydrogen) atoms. The van der Waals surface area contributed by atoms with Crippen molar-refractivity contribution in [1.29, 1.82) is 0 Å². The minimum atomic E-state index is -0.387. The average molecular weight is 302 g/mol. The fourth-order valence-corrected chi connectivity index (χ4v) is 1.98. The van der Waals surface area contributed by atoms with Crippen LogP contribution in [0.4, 0.5) is 0 Å². The molecule has 7 heteroatoms. The molecule has 0 spiro atoms. The van der Waals surface area contributed by atoms with E-state index in [1.807, 2.05) is 52.0 Å². The maximum atomic E-state index is 6.01. The largest absolute Gasteiger partial charge is 0.494 e. The van der Waals surface area contributed by atoms with Gasteiger partial charge in [0, 0.05) is 5.56 Å². The van der Waals surface area contributed by atoms with Crippen LogP contribution in [0.1, 0.15) is 40.2 Å². The third kappa shape index (κ3) is 3.31. The van der Waals surface area contributed by atoms with Gasteiger partial charge in [-0.1, -0.05) is 24.3 Å². The molecule has 1 fully saturated rings. The molecular formula is C15H23BN4O2. The van der Waals surface area contributed by atoms with Crippen molar-refractivity contribution in [2.45, 2.75) is 45.8 Å². The summed E-state index contributed by atoms with van der Waals surface area (Å²) < 4.78 is 12.0. The van der Waals surface area contributed by atoms with Gasteiger partial charge >= 0.3 is 7.12 Å². The molecular weight excluding hydrogens is 279 g/mol. The van der Waals surface area contributed by atoms with Crippen LogP contribution in [-0.2, 0) is 9.31 Å². The Morgan fingerprint density at radius 2 is 1.45 bits per heavy atom. The Bertz CT molecular complexity index is 588. The first-order valence-corrected chi connectivity index (χ1v) is 7.21. The molecule has 1 aliphatic rings. The number of amidine groups is 2. The lowest BCUT2D eigenvalue weighted by molar-refractivity contribution is 0.00578. The van der Waals surface area contributed by atoms with Gasteiger partial charge in [0.05, 0.1) is 11.2 Å². The molecule has 1 aromatic rings. The predicted molar refractivity (Wildman–Crippen MR) is 90.2 cm³/mol. The van der Waals surface area contributed by atoms with Crippen molar-refractivity contribution < 1.29 is 9.31 Å². The van der Waals surface area contributed by atoms with Gasteiger partial charge in [0.25, 0.3) is 0 Å². The van der Waals surface area contributed by atoms with Crippen molar-refractivity contribution >= 4 is 24.3 Å². The Hall–Kier alpha value is -1.86. The van der Waals surface area contributed by atoms with Crippen LogP contribution in [0.2, 0.25) is 0 Å². The first-order chi connectivity index (χ1) is 10.1. The molecule has 0 bridgehead atoms. The van der Waals surface area contributed by atoms with Crippen LogP contribution < -0.4 is 16.9 Å². The Kier molecular flexibility index (Phi) is 4.31. The molecule has 0 amide bonds. The molecule has 4 N–H and O–H groups in total. The molecule has 0 atom stereocenters. The third-order valence-electron chi connectivity index (χ3n) is 4.05. The van der Waals surface area contributed by atoms with Gasteiger partial charge in [-0.2, -0.15) is 0 Å². The number of nitrogens with zero attached hydrogens (tertiary/aromatic N) is 2. The molecule has 0 aliphatic carbocycles. The van der Waals surface area contributed by atoms with E-state index in [-0.39, 0.29) is 18.3 Å². The van der Waals surface area contributed by atoms with Gasteiger partial charge in [0.15, 0.2) is 5.84 Å². The minimum absolute atomic E-state index is 0.310. The number of rotatable bonds is 3. The fraction of sp³-hybridized carbons (Fsp3) is 0.467. The molecule has 0 radical (unpaired) electrons. The van der Waals surface area contributed by atoms with E-state index in [4.69, 9.17) is 20.8 Å². The van der Waals surface area contributed by atoms with Crippen molar-refractivity contribution in [2.24, 2.45) is 21.7 Å². The van der Waals surface area contributed by atoms with Gasteiger partial charge in [-0.25, -0.2) is 0 Å². The Morgan fingerprint density at radius 3 is 1.91 bits per heavy atom. The van der Waals surface area contributed by atoms with Crippen LogP contribution in [0.25, 0.3) is 0 Å². The van der Waals surface area contributed by atoms with Crippen LogP contribution in [0.3, 0.4) is 0 Å². The predicted octanol–water partition coefficient (Wildman–Crippen LogP) is 0.983. The second kappa shape index (κ2) is 5.74. The smallest absolute Gasteiger partial charge is 0.399 e. The van der Waals surface area contributed by atoms with E-state index in [0.29, 0.717) is 11.7 Å². The summed E-state index contributed by atoms with van der Waals surface area (Å²) in [5.41, 5.74) is 12.3. The van der Waals surface area contributed by atoms with Crippen LogP contribution in [0.5, 0.6) is 0 Å². The van der Waals surface area contributed by atoms with Gasteiger partial charge in [-0.15, -0.1) is 10.2 Å². The van der Waals surface area contributed by atoms with E-state index in [9.17, 15) is 0 Å². The highest BCUT2D eigenvalue weighted by Crippen LogP contribution is 2.36. The van der Waals surface area contributed by atoms with Gasteiger partial charge < -0.3 is 20.8 Å². The van der Waals surface area contributed by atoms with Crippen LogP contribution in [0.15, 0.2) is 34.5 Å². The summed E-state index contributed by atoms with van der Waals surface area (Å²) in [5, 5.41) is 7.61.